The number of benzene rings is 4. The van der Waals surface area contributed by atoms with Gasteiger partial charge in [0.2, 0.25) is 42.0 Å². The number of piperidine rings is 1. The topological polar surface area (TPSA) is 412 Å². The number of rotatable bonds is 16. The van der Waals surface area contributed by atoms with Crippen LogP contribution < -0.4 is 70.5 Å². The number of phenols is 1. The molecular weight excluding hydrogens is 1260 g/mol. The number of fused-ring (bicyclic) bond motifs is 2. The van der Waals surface area contributed by atoms with Crippen molar-refractivity contribution in [3.63, 3.8) is 0 Å². The molecule has 29 nitrogen and oxygen atoms in total. The van der Waals surface area contributed by atoms with Crippen molar-refractivity contribution in [1.82, 2.24) is 46.6 Å². The van der Waals surface area contributed by atoms with E-state index in [0.29, 0.717) is 21.5 Å². The van der Waals surface area contributed by atoms with Crippen molar-refractivity contribution >= 4 is 70.7 Å². The molecule has 4 aromatic carbocycles. The molecule has 32 heteroatoms. The van der Waals surface area contributed by atoms with Crippen LogP contribution in [0.15, 0.2) is 97.1 Å². The quantitative estimate of drug-likeness (QED) is 0.0112. The molecule has 93 heavy (non-hydrogen) atoms. The van der Waals surface area contributed by atoms with Crippen molar-refractivity contribution in [2.75, 3.05) is 44.2 Å². The van der Waals surface area contributed by atoms with E-state index in [2.05, 4.69) is 92.3 Å². The van der Waals surface area contributed by atoms with Crippen molar-refractivity contribution in [1.29, 1.82) is 0 Å². The Bertz CT molecular complexity index is 3480. The zero-order chi connectivity index (χ0) is 65.9. The number of carbonyl (C=O) groups excluding carboxylic acids is 7. The third-order valence-corrected chi connectivity index (χ3v) is 18.1. The molecule has 9 rings (SSSR count). The van der Waals surface area contributed by atoms with E-state index in [-0.39, 0.29) is 65.3 Å². The van der Waals surface area contributed by atoms with Gasteiger partial charge in [-0.25, -0.2) is 6.57 Å². The molecule has 13 atom stereocenters. The predicted molar refractivity (Wildman–Crippen MR) is 326 cm³/mol. The Kier molecular flexibility index (Phi) is 25.1. The molecule has 4 fully saturated rings. The molecule has 0 radical (unpaired) electrons. The van der Waals surface area contributed by atoms with Crippen molar-refractivity contribution in [3.8, 4) is 32.6 Å². The summed E-state index contributed by atoms with van der Waals surface area (Å²) >= 11 is 1.34. The second-order valence-corrected chi connectivity index (χ2v) is 24.6. The first kappa shape index (κ1) is 71.5. The summed E-state index contributed by atoms with van der Waals surface area (Å²) < 4.78 is 9.17. The van der Waals surface area contributed by atoms with Crippen LogP contribution in [0.3, 0.4) is 0 Å². The van der Waals surface area contributed by atoms with Crippen LogP contribution in [0.25, 0.3) is 26.0 Å². The van der Waals surface area contributed by atoms with Crippen molar-refractivity contribution in [3.05, 3.63) is 125 Å². The molecule has 0 saturated carbocycles. The number of hydrogen-bond donors (Lipinski definition) is 12. The number of nitrogens with one attached hydrogen (secondary N) is 5. The second kappa shape index (κ2) is 32.6. The van der Waals surface area contributed by atoms with E-state index in [1.54, 1.807) is 12.1 Å². The molecule has 0 spiro atoms. The van der Waals surface area contributed by atoms with Crippen LogP contribution in [0.2, 0.25) is 0 Å². The molecule has 5 heterocycles. The van der Waals surface area contributed by atoms with E-state index in [4.69, 9.17) is 10.8 Å². The Hall–Kier alpha value is -7.39. The number of aliphatic hydroxyl groups is 6. The number of aromatic hydroxyl groups is 1. The molecule has 12 N–H and O–H groups in total. The van der Waals surface area contributed by atoms with Crippen LogP contribution in [0.5, 0.6) is 11.5 Å². The predicted octanol–water partition coefficient (Wildman–Crippen LogP) is -4.00. The number of nitrogens with zero attached hydrogens (tertiary/aromatic N) is 6. The van der Waals surface area contributed by atoms with Crippen LogP contribution in [0, 0.1) is 12.5 Å². The summed E-state index contributed by atoms with van der Waals surface area (Å²) in [6, 6.07) is 16.9. The molecule has 0 bridgehead atoms. The number of β-amino-alcohol motifs (C(OH)–C–C–N with tert-alkyl or cyclic N) is 1. The zero-order valence-corrected chi connectivity index (χ0v) is 54.4. The van der Waals surface area contributed by atoms with Gasteiger partial charge >= 0.3 is 29.6 Å². The Balaban J connectivity index is 0.0000111. The zero-order valence-electron chi connectivity index (χ0n) is 50.7. The smallest absolute Gasteiger partial charge is 0.691 e. The standard InChI is InChI=1S/C61H71N11O18S2.Na/c1-31-29-72-51(52(31)79)57(84)63-27-40(74)25-42(64-53(80)36-10-12-37(13-11-36)58-68-69-59(91-58)38-14-16-39(17-15-38)70-21-19-35(20-22-70)34-7-5-4-6-8-34)54(81)65-48(32(2)73)60(85)71-30-41(75)26-43(71)55(82)66-49(56(83)67-50(61(72)86)46(78)28-62-3)45(77)23-33-9-18-44(76)47(24-33)88-92-90-89-87;/h4-18,24,31-32,35,40-43,45-46,48-52,73-79,87H,19-23,25-30H2,1-2H3,(H,63,84)(H,64,80)(H,65,81)(H,66,82)(H,67,83);/q;+1/p-1/t31-,32+,40+,41+,42+,43+,45-,46-,48+,49+,50+,51+,52+;/m1./s1. The number of hydrogen-bond acceptors (Lipinski definition) is 23. The van der Waals surface area contributed by atoms with Gasteiger partial charge in [-0.15, -0.1) is 14.5 Å². The van der Waals surface area contributed by atoms with E-state index in [0.717, 1.165) is 66.0 Å². The van der Waals surface area contributed by atoms with Gasteiger partial charge < -0.3 is 91.3 Å². The Labute approximate surface area is 564 Å². The average molecular weight is 1330 g/mol. The van der Waals surface area contributed by atoms with E-state index in [1.807, 2.05) is 18.2 Å². The van der Waals surface area contributed by atoms with Gasteiger partial charge in [-0.2, -0.15) is 0 Å². The van der Waals surface area contributed by atoms with E-state index < -0.39 is 165 Å². The summed E-state index contributed by atoms with van der Waals surface area (Å²) in [5.74, 6) is -9.17. The normalized spacial score (nSPS) is 25.5. The van der Waals surface area contributed by atoms with E-state index >= 15 is 0 Å². The summed E-state index contributed by atoms with van der Waals surface area (Å²) in [6.07, 6.45) is -10.2. The molecule has 0 aliphatic carbocycles. The van der Waals surface area contributed by atoms with Gasteiger partial charge in [-0.05, 0) is 85.3 Å². The fourth-order valence-corrected chi connectivity index (χ4v) is 12.9. The molecule has 7 amide bonds. The fraction of sp³-hybridized carbons (Fsp3) is 0.443. The molecule has 4 aliphatic heterocycles. The maximum absolute atomic E-state index is 14.6. The third-order valence-electron chi connectivity index (χ3n) is 16.7. The van der Waals surface area contributed by atoms with Crippen LogP contribution in [-0.2, 0) is 44.6 Å². The number of aliphatic hydroxyl groups excluding tert-OH is 6. The number of carbonyl (C=O) groups is 7. The number of aromatic nitrogens is 2. The van der Waals surface area contributed by atoms with Crippen LogP contribution in [0.4, 0.5) is 5.69 Å². The van der Waals surface area contributed by atoms with Crippen molar-refractivity contribution in [2.24, 2.45) is 5.92 Å². The summed E-state index contributed by atoms with van der Waals surface area (Å²) in [6.45, 7) is 9.48. The first-order valence-corrected chi connectivity index (χ1v) is 31.1. The molecule has 1 aromatic heterocycles. The Morgan fingerprint density at radius 3 is 2.06 bits per heavy atom. The molecule has 4 aliphatic rings. The van der Waals surface area contributed by atoms with E-state index in [9.17, 15) is 74.6 Å². The Morgan fingerprint density at radius 1 is 0.785 bits per heavy atom. The minimum absolute atomic E-state index is 0. The number of amides is 7. The monoisotopic (exact) mass is 1330 g/mol. The van der Waals surface area contributed by atoms with Gasteiger partial charge in [-0.1, -0.05) is 66.8 Å². The minimum atomic E-state index is -2.16. The maximum Gasteiger partial charge on any atom is 1.00 e. The number of phenolic OH excluding ortho intramolecular Hbond substituents is 1. The molecule has 0 unspecified atom stereocenters. The molecule has 5 aromatic rings. The fourth-order valence-electron chi connectivity index (χ4n) is 11.8. The van der Waals surface area contributed by atoms with Crippen molar-refractivity contribution < 1.29 is 118 Å². The molecule has 490 valence electrons. The SMILES string of the molecule is [C-]#[N+]C[C@@H](O)[C@@H]1NC(=O)[C@H]([C@H](O)Cc2ccc(O)c(OSOO[O-])c2)NC(=O)[C@@H]2C[C@H](O)CN2C(=O)[C@H]([C@H](C)O)NC(=O)[C@@H](NC(=O)c2ccc(-c3nnc(-c4ccc(N5CCC(c6ccccc6)CC5)cc4)s3)cc2)C[C@H](O)CNC(=O)[C@@H]2[C@@H](O)[C@H](C)CN2C1=O.[Na+]. The van der Waals surface area contributed by atoms with Gasteiger partial charge in [0.1, 0.15) is 46.3 Å². The first-order chi connectivity index (χ1) is 44.1. The van der Waals surface area contributed by atoms with Crippen molar-refractivity contribution in [2.45, 2.75) is 125 Å². The molecular formula is C61H70N11NaO18S2. The van der Waals surface area contributed by atoms with Crippen LogP contribution in [-0.4, -0.2) is 209 Å². The van der Waals surface area contributed by atoms with Gasteiger partial charge in [-0.3, -0.25) is 38.6 Å². The number of anilines is 1. The van der Waals surface area contributed by atoms with Crippen LogP contribution >= 0.6 is 23.7 Å². The van der Waals surface area contributed by atoms with Gasteiger partial charge in [0, 0.05) is 80.3 Å². The largest absolute Gasteiger partial charge is 1.00 e. The van der Waals surface area contributed by atoms with Gasteiger partial charge in [0.05, 0.1) is 30.5 Å². The second-order valence-electron chi connectivity index (χ2n) is 23.1. The summed E-state index contributed by atoms with van der Waals surface area (Å²) in [4.78, 5) is 108. The van der Waals surface area contributed by atoms with Gasteiger partial charge in [0.15, 0.2) is 17.6 Å². The first-order valence-electron chi connectivity index (χ1n) is 29.6. The van der Waals surface area contributed by atoms with Crippen LogP contribution in [0.1, 0.15) is 66.9 Å². The summed E-state index contributed by atoms with van der Waals surface area (Å²) in [7, 11) is 0. The summed E-state index contributed by atoms with van der Waals surface area (Å²) in [5.41, 5.74) is 4.04. The third kappa shape index (κ3) is 17.5. The Morgan fingerprint density at radius 2 is 1.42 bits per heavy atom. The van der Waals surface area contributed by atoms with Gasteiger partial charge in [0.25, 0.3) is 18.2 Å². The molecule has 4 saturated heterocycles. The van der Waals surface area contributed by atoms with E-state index in [1.165, 1.54) is 42.0 Å². The average Bonchev–Trinajstić information content (AvgIpc) is 1.74. The summed E-state index contributed by atoms with van der Waals surface area (Å²) in [5, 5.41) is 114. The minimum Gasteiger partial charge on any atom is -0.691 e. The maximum atomic E-state index is 14.6.